The molecule has 1 aromatic carbocycles. The predicted octanol–water partition coefficient (Wildman–Crippen LogP) is 2.70. The van der Waals surface area contributed by atoms with Crippen LogP contribution in [0.1, 0.15) is 30.8 Å². The number of aromatic amines is 1. The summed E-state index contributed by atoms with van der Waals surface area (Å²) >= 11 is 0. The fourth-order valence-electron chi connectivity index (χ4n) is 1.97. The van der Waals surface area contributed by atoms with Crippen molar-refractivity contribution >= 4 is 12.0 Å². The molecule has 0 saturated carbocycles. The highest BCUT2D eigenvalue weighted by molar-refractivity contribution is 5.91. The number of aromatic nitrogens is 2. The van der Waals surface area contributed by atoms with Crippen molar-refractivity contribution in [1.29, 1.82) is 0 Å². The minimum absolute atomic E-state index is 0.109. The molecule has 0 fully saturated rings. The maximum absolute atomic E-state index is 12.0. The average Bonchev–Trinajstić information content (AvgIpc) is 3.05. The van der Waals surface area contributed by atoms with Gasteiger partial charge in [0.2, 0.25) is 5.91 Å². The largest absolute Gasteiger partial charge is 0.497 e. The molecule has 0 radical (unpaired) electrons. The summed E-state index contributed by atoms with van der Waals surface area (Å²) in [6, 6.07) is 7.42. The first-order valence-electron chi connectivity index (χ1n) is 6.85. The molecule has 2 N–H and O–H groups in total. The Hall–Kier alpha value is -2.56. The SMILES string of the molecule is CCC(NC(=O)/C=C/c1cccc(OC)c1)c1ncc[nH]1. The van der Waals surface area contributed by atoms with Crippen LogP contribution in [0.3, 0.4) is 0 Å². The minimum Gasteiger partial charge on any atom is -0.497 e. The van der Waals surface area contributed by atoms with Gasteiger partial charge in [-0.2, -0.15) is 0 Å². The second-order valence-corrected chi connectivity index (χ2v) is 4.55. The molecule has 1 unspecified atom stereocenters. The maximum atomic E-state index is 12.0. The number of benzene rings is 1. The smallest absolute Gasteiger partial charge is 0.244 e. The first kappa shape index (κ1) is 14.8. The highest BCUT2D eigenvalue weighted by Crippen LogP contribution is 2.14. The maximum Gasteiger partial charge on any atom is 0.244 e. The number of carbonyl (C=O) groups excluding carboxylic acids is 1. The Morgan fingerprint density at radius 1 is 1.52 bits per heavy atom. The Morgan fingerprint density at radius 2 is 2.38 bits per heavy atom. The summed E-state index contributed by atoms with van der Waals surface area (Å²) in [5.41, 5.74) is 0.913. The Bertz CT molecular complexity index is 606. The van der Waals surface area contributed by atoms with Gasteiger partial charge in [-0.05, 0) is 30.2 Å². The summed E-state index contributed by atoms with van der Waals surface area (Å²) in [4.78, 5) is 19.2. The lowest BCUT2D eigenvalue weighted by atomic mass is 10.2. The highest BCUT2D eigenvalue weighted by Gasteiger charge is 2.12. The molecule has 0 spiro atoms. The van der Waals surface area contributed by atoms with Crippen molar-refractivity contribution in [2.45, 2.75) is 19.4 Å². The van der Waals surface area contributed by atoms with Gasteiger partial charge in [0.15, 0.2) is 0 Å². The zero-order valence-corrected chi connectivity index (χ0v) is 12.2. The molecule has 0 bridgehead atoms. The fourth-order valence-corrected chi connectivity index (χ4v) is 1.97. The van der Waals surface area contributed by atoms with Crippen molar-refractivity contribution in [2.24, 2.45) is 0 Å². The average molecular weight is 285 g/mol. The molecule has 1 atom stereocenters. The number of rotatable bonds is 6. The van der Waals surface area contributed by atoms with Gasteiger partial charge < -0.3 is 15.0 Å². The van der Waals surface area contributed by atoms with Crippen molar-refractivity contribution in [3.8, 4) is 5.75 Å². The van der Waals surface area contributed by atoms with Gasteiger partial charge in [-0.1, -0.05) is 19.1 Å². The van der Waals surface area contributed by atoms with Crippen LogP contribution < -0.4 is 10.1 Å². The molecule has 2 rings (SSSR count). The molecule has 0 aliphatic rings. The highest BCUT2D eigenvalue weighted by atomic mass is 16.5. The molecular weight excluding hydrogens is 266 g/mol. The van der Waals surface area contributed by atoms with E-state index in [1.807, 2.05) is 31.2 Å². The van der Waals surface area contributed by atoms with Gasteiger partial charge >= 0.3 is 0 Å². The number of imidazole rings is 1. The number of nitrogens with one attached hydrogen (secondary N) is 2. The van der Waals surface area contributed by atoms with E-state index in [9.17, 15) is 4.79 Å². The van der Waals surface area contributed by atoms with Crippen LogP contribution in [0.2, 0.25) is 0 Å². The number of carbonyl (C=O) groups is 1. The topological polar surface area (TPSA) is 67.0 Å². The molecule has 5 nitrogen and oxygen atoms in total. The van der Waals surface area contributed by atoms with Crippen LogP contribution in [-0.2, 0) is 4.79 Å². The van der Waals surface area contributed by atoms with E-state index in [1.54, 1.807) is 25.6 Å². The number of hydrogen-bond donors (Lipinski definition) is 2. The molecule has 1 amide bonds. The van der Waals surface area contributed by atoms with Gasteiger partial charge in [0, 0.05) is 18.5 Å². The summed E-state index contributed by atoms with van der Waals surface area (Å²) in [5.74, 6) is 1.38. The zero-order chi connectivity index (χ0) is 15.1. The van der Waals surface area contributed by atoms with E-state index in [0.29, 0.717) is 0 Å². The van der Waals surface area contributed by atoms with E-state index >= 15 is 0 Å². The van der Waals surface area contributed by atoms with Crippen LogP contribution in [0.25, 0.3) is 6.08 Å². The Morgan fingerprint density at radius 3 is 3.05 bits per heavy atom. The van der Waals surface area contributed by atoms with Crippen molar-refractivity contribution in [3.05, 3.63) is 54.1 Å². The Labute approximate surface area is 124 Å². The van der Waals surface area contributed by atoms with E-state index in [1.165, 1.54) is 6.08 Å². The van der Waals surface area contributed by atoms with Crippen molar-refractivity contribution in [2.75, 3.05) is 7.11 Å². The monoisotopic (exact) mass is 285 g/mol. The van der Waals surface area contributed by atoms with E-state index < -0.39 is 0 Å². The number of amides is 1. The van der Waals surface area contributed by atoms with Gasteiger partial charge in [0.1, 0.15) is 11.6 Å². The molecule has 0 aliphatic heterocycles. The number of methoxy groups -OCH3 is 1. The third kappa shape index (κ3) is 4.21. The molecule has 1 heterocycles. The molecule has 0 saturated heterocycles. The molecular formula is C16H19N3O2. The molecule has 110 valence electrons. The van der Waals surface area contributed by atoms with E-state index in [4.69, 9.17) is 4.74 Å². The standard InChI is InChI=1S/C16H19N3O2/c1-3-14(16-17-9-10-18-16)19-15(20)8-7-12-5-4-6-13(11-12)21-2/h4-11,14H,3H2,1-2H3,(H,17,18)(H,19,20)/b8-7+. The fraction of sp³-hybridized carbons (Fsp3) is 0.250. The summed E-state index contributed by atoms with van der Waals surface area (Å²) in [5, 5.41) is 2.92. The number of ether oxygens (including phenoxy) is 1. The number of nitrogens with zero attached hydrogens (tertiary/aromatic N) is 1. The normalized spacial score (nSPS) is 12.3. The van der Waals surface area contributed by atoms with Gasteiger partial charge in [-0.15, -0.1) is 0 Å². The van der Waals surface area contributed by atoms with Gasteiger partial charge in [0.25, 0.3) is 0 Å². The molecule has 1 aromatic heterocycles. The second kappa shape index (κ2) is 7.28. The predicted molar refractivity (Wildman–Crippen MR) is 81.8 cm³/mol. The van der Waals surface area contributed by atoms with Gasteiger partial charge in [0.05, 0.1) is 13.2 Å². The zero-order valence-electron chi connectivity index (χ0n) is 12.2. The quantitative estimate of drug-likeness (QED) is 0.802. The van der Waals surface area contributed by atoms with Crippen molar-refractivity contribution < 1.29 is 9.53 Å². The molecule has 0 aliphatic carbocycles. The van der Waals surface area contributed by atoms with Crippen LogP contribution in [0.5, 0.6) is 5.75 Å². The second-order valence-electron chi connectivity index (χ2n) is 4.55. The van der Waals surface area contributed by atoms with Crippen LogP contribution in [0.15, 0.2) is 42.7 Å². The van der Waals surface area contributed by atoms with E-state index in [0.717, 1.165) is 23.6 Å². The summed E-state index contributed by atoms with van der Waals surface area (Å²) < 4.78 is 5.15. The van der Waals surface area contributed by atoms with Crippen molar-refractivity contribution in [3.63, 3.8) is 0 Å². The lowest BCUT2D eigenvalue weighted by Crippen LogP contribution is -2.27. The molecule has 5 heteroatoms. The summed E-state index contributed by atoms with van der Waals surface area (Å²) in [6.07, 6.45) is 7.46. The van der Waals surface area contributed by atoms with E-state index in [2.05, 4.69) is 15.3 Å². The van der Waals surface area contributed by atoms with Crippen LogP contribution >= 0.6 is 0 Å². The summed E-state index contributed by atoms with van der Waals surface area (Å²) in [6.45, 7) is 2.00. The van der Waals surface area contributed by atoms with E-state index in [-0.39, 0.29) is 11.9 Å². The lowest BCUT2D eigenvalue weighted by molar-refractivity contribution is -0.117. The van der Waals surface area contributed by atoms with Gasteiger partial charge in [-0.3, -0.25) is 4.79 Å². The lowest BCUT2D eigenvalue weighted by Gasteiger charge is -2.12. The van der Waals surface area contributed by atoms with Crippen molar-refractivity contribution in [1.82, 2.24) is 15.3 Å². The minimum atomic E-state index is -0.152. The van der Waals surface area contributed by atoms with Gasteiger partial charge in [-0.25, -0.2) is 4.98 Å². The Kier molecular flexibility index (Phi) is 5.15. The first-order chi connectivity index (χ1) is 10.2. The van der Waals surface area contributed by atoms with Crippen LogP contribution in [-0.4, -0.2) is 23.0 Å². The van der Waals surface area contributed by atoms with Crippen LogP contribution in [0, 0.1) is 0 Å². The molecule has 21 heavy (non-hydrogen) atoms. The summed E-state index contributed by atoms with van der Waals surface area (Å²) in [7, 11) is 1.62. The van der Waals surface area contributed by atoms with Crippen LogP contribution in [0.4, 0.5) is 0 Å². The Balaban J connectivity index is 1.98. The first-order valence-corrected chi connectivity index (χ1v) is 6.85. The number of hydrogen-bond acceptors (Lipinski definition) is 3. The molecule has 2 aromatic rings. The number of H-pyrrole nitrogens is 1. The third-order valence-electron chi connectivity index (χ3n) is 3.10. The third-order valence-corrected chi connectivity index (χ3v) is 3.10.